The van der Waals surface area contributed by atoms with Crippen molar-refractivity contribution in [3.05, 3.63) is 82.3 Å². The van der Waals surface area contributed by atoms with Crippen LogP contribution in [-0.4, -0.2) is 23.3 Å². The summed E-state index contributed by atoms with van der Waals surface area (Å²) in [4.78, 5) is 9.28. The van der Waals surface area contributed by atoms with E-state index in [1.54, 1.807) is 31.5 Å². The van der Waals surface area contributed by atoms with Gasteiger partial charge in [-0.2, -0.15) is 5.10 Å². The maximum absolute atomic E-state index is 6.36. The quantitative estimate of drug-likeness (QED) is 0.313. The van der Waals surface area contributed by atoms with Crippen molar-refractivity contribution in [2.75, 3.05) is 12.5 Å². The SMILES string of the molecule is COc1ccccc1C=NNc1nc(-c2ccc(Cl)cc2Cl)nc2ccccc12. The molecule has 0 aliphatic carbocycles. The van der Waals surface area contributed by atoms with E-state index in [9.17, 15) is 0 Å². The molecule has 0 saturated carbocycles. The fourth-order valence-electron chi connectivity index (χ4n) is 2.89. The van der Waals surface area contributed by atoms with Crippen LogP contribution in [0, 0.1) is 0 Å². The first kappa shape index (κ1) is 19.2. The average Bonchev–Trinajstić information content (AvgIpc) is 2.74. The van der Waals surface area contributed by atoms with E-state index in [-0.39, 0.29) is 0 Å². The van der Waals surface area contributed by atoms with Gasteiger partial charge in [-0.15, -0.1) is 0 Å². The Balaban J connectivity index is 1.74. The van der Waals surface area contributed by atoms with Crippen LogP contribution in [-0.2, 0) is 0 Å². The van der Waals surface area contributed by atoms with Crippen molar-refractivity contribution in [2.24, 2.45) is 5.10 Å². The average molecular weight is 423 g/mol. The highest BCUT2D eigenvalue weighted by Gasteiger charge is 2.12. The third-order valence-electron chi connectivity index (χ3n) is 4.29. The lowest BCUT2D eigenvalue weighted by Crippen LogP contribution is -2.00. The Morgan fingerprint density at radius 1 is 0.966 bits per heavy atom. The van der Waals surface area contributed by atoms with Gasteiger partial charge in [-0.1, -0.05) is 47.5 Å². The minimum absolute atomic E-state index is 0.483. The number of anilines is 1. The second kappa shape index (κ2) is 8.47. The maximum Gasteiger partial charge on any atom is 0.163 e. The highest BCUT2D eigenvalue weighted by atomic mass is 35.5. The molecule has 0 aliphatic rings. The number of ether oxygens (including phenoxy) is 1. The van der Waals surface area contributed by atoms with Crippen LogP contribution in [0.25, 0.3) is 22.3 Å². The molecular weight excluding hydrogens is 407 g/mol. The zero-order valence-corrected chi connectivity index (χ0v) is 16.9. The standard InChI is InChI=1S/C22H16Cl2N4O/c1-29-20-9-5-2-6-14(20)13-25-28-22-17-7-3-4-8-19(17)26-21(27-22)16-11-10-15(23)12-18(16)24/h2-13H,1H3,(H,26,27,28). The van der Waals surface area contributed by atoms with Gasteiger partial charge in [-0.3, -0.25) is 5.43 Å². The van der Waals surface area contributed by atoms with E-state index in [0.717, 1.165) is 22.2 Å². The van der Waals surface area contributed by atoms with Crippen molar-refractivity contribution in [2.45, 2.75) is 0 Å². The summed E-state index contributed by atoms with van der Waals surface area (Å²) in [5, 5.41) is 6.23. The second-order valence-corrected chi connectivity index (χ2v) is 6.99. The van der Waals surface area contributed by atoms with Crippen molar-refractivity contribution >= 4 is 46.1 Å². The lowest BCUT2D eigenvalue weighted by molar-refractivity contribution is 0.414. The van der Waals surface area contributed by atoms with Crippen LogP contribution in [0.15, 0.2) is 71.8 Å². The Kier molecular flexibility index (Phi) is 5.60. The minimum Gasteiger partial charge on any atom is -0.496 e. The number of nitrogens with zero attached hydrogens (tertiary/aromatic N) is 3. The van der Waals surface area contributed by atoms with Gasteiger partial charge in [0.05, 0.1) is 23.9 Å². The van der Waals surface area contributed by atoms with Crippen LogP contribution >= 0.6 is 23.2 Å². The Morgan fingerprint density at radius 2 is 1.76 bits per heavy atom. The molecule has 4 aromatic rings. The Morgan fingerprint density at radius 3 is 2.59 bits per heavy atom. The maximum atomic E-state index is 6.36. The molecule has 7 heteroatoms. The van der Waals surface area contributed by atoms with Crippen LogP contribution in [0.5, 0.6) is 5.75 Å². The molecule has 29 heavy (non-hydrogen) atoms. The number of fused-ring (bicyclic) bond motifs is 1. The molecule has 0 saturated heterocycles. The van der Waals surface area contributed by atoms with Gasteiger partial charge in [0, 0.05) is 21.5 Å². The van der Waals surface area contributed by atoms with E-state index in [1.807, 2.05) is 48.5 Å². The summed E-state index contributed by atoms with van der Waals surface area (Å²) in [6.07, 6.45) is 1.69. The molecule has 0 fully saturated rings. The first-order chi connectivity index (χ1) is 14.2. The van der Waals surface area contributed by atoms with E-state index in [2.05, 4.69) is 20.5 Å². The van der Waals surface area contributed by atoms with E-state index in [0.29, 0.717) is 27.3 Å². The highest BCUT2D eigenvalue weighted by Crippen LogP contribution is 2.31. The van der Waals surface area contributed by atoms with E-state index in [1.165, 1.54) is 0 Å². The van der Waals surface area contributed by atoms with E-state index < -0.39 is 0 Å². The largest absolute Gasteiger partial charge is 0.496 e. The summed E-state index contributed by atoms with van der Waals surface area (Å²) < 4.78 is 5.35. The number of aromatic nitrogens is 2. The van der Waals surface area contributed by atoms with E-state index in [4.69, 9.17) is 27.9 Å². The third kappa shape index (κ3) is 4.16. The van der Waals surface area contributed by atoms with Gasteiger partial charge in [0.15, 0.2) is 11.6 Å². The predicted octanol–water partition coefficient (Wildman–Crippen LogP) is 6.06. The molecule has 0 amide bonds. The molecule has 1 aromatic heterocycles. The van der Waals surface area contributed by atoms with Crippen molar-refractivity contribution in [1.82, 2.24) is 9.97 Å². The van der Waals surface area contributed by atoms with Crippen molar-refractivity contribution in [3.63, 3.8) is 0 Å². The third-order valence-corrected chi connectivity index (χ3v) is 4.84. The first-order valence-corrected chi connectivity index (χ1v) is 9.55. The molecule has 0 radical (unpaired) electrons. The molecule has 1 N–H and O–H groups in total. The molecule has 4 rings (SSSR count). The molecule has 0 spiro atoms. The summed E-state index contributed by atoms with van der Waals surface area (Å²) in [7, 11) is 1.63. The monoisotopic (exact) mass is 422 g/mol. The van der Waals surface area contributed by atoms with Crippen LogP contribution in [0.2, 0.25) is 10.0 Å². The second-order valence-electron chi connectivity index (χ2n) is 6.15. The number of hydrogen-bond donors (Lipinski definition) is 1. The fourth-order valence-corrected chi connectivity index (χ4v) is 3.38. The molecule has 3 aromatic carbocycles. The van der Waals surface area contributed by atoms with Crippen LogP contribution in [0.3, 0.4) is 0 Å². The number of rotatable bonds is 5. The normalized spacial score (nSPS) is 11.1. The van der Waals surface area contributed by atoms with Crippen molar-refractivity contribution in [3.8, 4) is 17.1 Å². The van der Waals surface area contributed by atoms with Crippen molar-refractivity contribution < 1.29 is 4.74 Å². The summed E-state index contributed by atoms with van der Waals surface area (Å²) in [6.45, 7) is 0. The van der Waals surface area contributed by atoms with Gasteiger partial charge in [0.25, 0.3) is 0 Å². The van der Waals surface area contributed by atoms with Crippen molar-refractivity contribution in [1.29, 1.82) is 0 Å². The number of methoxy groups -OCH3 is 1. The molecule has 5 nitrogen and oxygen atoms in total. The van der Waals surface area contributed by atoms with E-state index >= 15 is 0 Å². The number of hydrazone groups is 1. The smallest absolute Gasteiger partial charge is 0.163 e. The molecule has 144 valence electrons. The zero-order chi connectivity index (χ0) is 20.2. The lowest BCUT2D eigenvalue weighted by atomic mass is 10.2. The van der Waals surface area contributed by atoms with Crippen LogP contribution in [0.4, 0.5) is 5.82 Å². The zero-order valence-electron chi connectivity index (χ0n) is 15.4. The number of hydrogen-bond acceptors (Lipinski definition) is 5. The van der Waals surface area contributed by atoms with Gasteiger partial charge in [0.1, 0.15) is 5.75 Å². The van der Waals surface area contributed by atoms with Crippen LogP contribution in [0.1, 0.15) is 5.56 Å². The summed E-state index contributed by atoms with van der Waals surface area (Å²) in [6, 6.07) is 20.6. The van der Waals surface area contributed by atoms with Gasteiger partial charge < -0.3 is 4.74 Å². The van der Waals surface area contributed by atoms with Crippen LogP contribution < -0.4 is 10.2 Å². The molecule has 0 aliphatic heterocycles. The summed E-state index contributed by atoms with van der Waals surface area (Å²) in [5.41, 5.74) is 5.34. The topological polar surface area (TPSA) is 59.4 Å². The number of benzene rings is 3. The molecule has 0 bridgehead atoms. The number of nitrogens with one attached hydrogen (secondary N) is 1. The van der Waals surface area contributed by atoms with Gasteiger partial charge in [0.2, 0.25) is 0 Å². The lowest BCUT2D eigenvalue weighted by Gasteiger charge is -2.09. The first-order valence-electron chi connectivity index (χ1n) is 8.80. The number of halogens is 2. The number of para-hydroxylation sites is 2. The van der Waals surface area contributed by atoms with Gasteiger partial charge in [-0.25, -0.2) is 9.97 Å². The Labute approximate surface area is 178 Å². The van der Waals surface area contributed by atoms with Gasteiger partial charge >= 0.3 is 0 Å². The molecule has 0 unspecified atom stereocenters. The Hall–Kier alpha value is -3.15. The highest BCUT2D eigenvalue weighted by molar-refractivity contribution is 6.36. The fraction of sp³-hybridized carbons (Fsp3) is 0.0455. The Bertz CT molecular complexity index is 1210. The molecule has 0 atom stereocenters. The molecular formula is C22H16Cl2N4O. The molecule has 1 heterocycles. The minimum atomic E-state index is 0.483. The van der Waals surface area contributed by atoms with Gasteiger partial charge in [-0.05, 0) is 42.5 Å². The predicted molar refractivity (Wildman–Crippen MR) is 119 cm³/mol. The summed E-state index contributed by atoms with van der Waals surface area (Å²) >= 11 is 12.4. The summed E-state index contributed by atoms with van der Waals surface area (Å²) in [5.74, 6) is 1.79.